The molecule has 2 aromatic rings. The van der Waals surface area contributed by atoms with E-state index in [4.69, 9.17) is 0 Å². The van der Waals surface area contributed by atoms with Gasteiger partial charge in [-0.25, -0.2) is 4.98 Å². The molecule has 1 amide bonds. The first kappa shape index (κ1) is 12.8. The maximum atomic E-state index is 13.2. The molecule has 0 fully saturated rings. The maximum absolute atomic E-state index is 13.2. The zero-order valence-electron chi connectivity index (χ0n) is 11.2. The number of pyridine rings is 1. The molecule has 0 saturated carbocycles. The fraction of sp³-hybridized carbons (Fsp3) is 0.250. The Morgan fingerprint density at radius 3 is 2.95 bits per heavy atom. The molecule has 1 aromatic carbocycles. The van der Waals surface area contributed by atoms with Crippen molar-refractivity contribution < 1.29 is 9.18 Å². The van der Waals surface area contributed by atoms with E-state index in [9.17, 15) is 9.18 Å². The van der Waals surface area contributed by atoms with Crippen LogP contribution in [0, 0.1) is 11.9 Å². The fourth-order valence-corrected chi connectivity index (χ4v) is 2.68. The number of benzene rings is 1. The van der Waals surface area contributed by atoms with Crippen molar-refractivity contribution in [3.63, 3.8) is 0 Å². The highest BCUT2D eigenvalue weighted by Gasteiger charge is 2.27. The molecule has 1 atom stereocenters. The number of rotatable bonds is 1. The number of halogens is 1. The van der Waals surface area contributed by atoms with E-state index in [0.717, 1.165) is 17.7 Å². The minimum absolute atomic E-state index is 0.176. The molecule has 0 bridgehead atoms. The third-order valence-electron chi connectivity index (χ3n) is 3.56. The highest BCUT2D eigenvalue weighted by Crippen LogP contribution is 2.30. The fourth-order valence-electron chi connectivity index (χ4n) is 2.68. The summed E-state index contributed by atoms with van der Waals surface area (Å²) < 4.78 is 13.2. The van der Waals surface area contributed by atoms with Crippen LogP contribution in [0.4, 0.5) is 10.1 Å². The summed E-state index contributed by atoms with van der Waals surface area (Å²) >= 11 is 0. The number of hydrogen-bond donors (Lipinski definition) is 0. The number of hydrogen-bond acceptors (Lipinski definition) is 2. The van der Waals surface area contributed by atoms with E-state index < -0.39 is 5.95 Å². The van der Waals surface area contributed by atoms with Gasteiger partial charge in [0.25, 0.3) is 5.91 Å². The van der Waals surface area contributed by atoms with Crippen molar-refractivity contribution in [2.24, 2.45) is 5.92 Å². The maximum Gasteiger partial charge on any atom is 0.258 e. The molecule has 3 rings (SSSR count). The summed E-state index contributed by atoms with van der Waals surface area (Å²) in [5, 5.41) is 0. The molecular weight excluding hydrogens is 255 g/mol. The number of fused-ring (bicyclic) bond motifs is 1. The smallest absolute Gasteiger partial charge is 0.258 e. The Balaban J connectivity index is 2.00. The Morgan fingerprint density at radius 2 is 2.15 bits per heavy atom. The lowest BCUT2D eigenvalue weighted by atomic mass is 9.93. The highest BCUT2D eigenvalue weighted by molar-refractivity contribution is 6.06. The monoisotopic (exact) mass is 270 g/mol. The van der Waals surface area contributed by atoms with E-state index in [1.54, 1.807) is 11.0 Å². The van der Waals surface area contributed by atoms with E-state index in [1.165, 1.54) is 12.3 Å². The third-order valence-corrected chi connectivity index (χ3v) is 3.56. The number of carbonyl (C=O) groups excluding carboxylic acids is 1. The second-order valence-electron chi connectivity index (χ2n) is 5.22. The average molecular weight is 270 g/mol. The predicted octanol–water partition coefficient (Wildman–Crippen LogP) is 3.06. The van der Waals surface area contributed by atoms with Crippen LogP contribution in [0.5, 0.6) is 0 Å². The zero-order chi connectivity index (χ0) is 14.1. The first-order chi connectivity index (χ1) is 9.65. The minimum Gasteiger partial charge on any atom is -0.308 e. The number of carbonyl (C=O) groups is 1. The third kappa shape index (κ3) is 2.29. The van der Waals surface area contributed by atoms with Crippen molar-refractivity contribution in [3.8, 4) is 0 Å². The Morgan fingerprint density at radius 1 is 1.35 bits per heavy atom. The lowest BCUT2D eigenvalue weighted by Gasteiger charge is -2.33. The van der Waals surface area contributed by atoms with Crippen molar-refractivity contribution in [1.29, 1.82) is 0 Å². The van der Waals surface area contributed by atoms with Crippen LogP contribution >= 0.6 is 0 Å². The number of aromatic nitrogens is 1. The molecular formula is C16H15FN2O. The van der Waals surface area contributed by atoms with Crippen molar-refractivity contribution in [2.75, 3.05) is 11.4 Å². The van der Waals surface area contributed by atoms with Crippen molar-refractivity contribution in [2.45, 2.75) is 13.3 Å². The minimum atomic E-state index is -0.630. The molecule has 0 aliphatic carbocycles. The van der Waals surface area contributed by atoms with Crippen molar-refractivity contribution >= 4 is 11.6 Å². The van der Waals surface area contributed by atoms with Crippen LogP contribution < -0.4 is 4.90 Å². The standard InChI is InChI=1S/C16H15FN2O/c1-11-8-12-4-2-3-5-14(12)19(10-11)16(20)13-6-7-18-15(17)9-13/h2-7,9,11H,8,10H2,1H3. The lowest BCUT2D eigenvalue weighted by Crippen LogP contribution is -2.39. The van der Waals surface area contributed by atoms with Crippen LogP contribution in [0.2, 0.25) is 0 Å². The Labute approximate surface area is 117 Å². The van der Waals surface area contributed by atoms with E-state index in [-0.39, 0.29) is 5.91 Å². The number of nitrogens with zero attached hydrogens (tertiary/aromatic N) is 2. The van der Waals surface area contributed by atoms with Crippen LogP contribution in [0.1, 0.15) is 22.8 Å². The quantitative estimate of drug-likeness (QED) is 0.746. The van der Waals surface area contributed by atoms with Gasteiger partial charge in [-0.1, -0.05) is 25.1 Å². The summed E-state index contributed by atoms with van der Waals surface area (Å²) in [6, 6.07) is 10.6. The first-order valence-corrected chi connectivity index (χ1v) is 6.66. The average Bonchev–Trinajstić information content (AvgIpc) is 2.45. The summed E-state index contributed by atoms with van der Waals surface area (Å²) in [7, 11) is 0. The second-order valence-corrected chi connectivity index (χ2v) is 5.22. The van der Waals surface area contributed by atoms with Gasteiger partial charge in [-0.05, 0) is 30.0 Å². The van der Waals surface area contributed by atoms with Gasteiger partial charge in [0, 0.05) is 30.1 Å². The van der Waals surface area contributed by atoms with Gasteiger partial charge in [0.1, 0.15) is 0 Å². The molecule has 0 N–H and O–H groups in total. The summed E-state index contributed by atoms with van der Waals surface area (Å²) in [5.74, 6) is -0.417. The van der Waals surface area contributed by atoms with Gasteiger partial charge >= 0.3 is 0 Å². The molecule has 1 unspecified atom stereocenters. The second kappa shape index (κ2) is 5.04. The van der Waals surface area contributed by atoms with Crippen LogP contribution in [-0.4, -0.2) is 17.4 Å². The van der Waals surface area contributed by atoms with Gasteiger partial charge in [0.2, 0.25) is 5.95 Å². The molecule has 3 nitrogen and oxygen atoms in total. The molecule has 1 aliphatic heterocycles. The van der Waals surface area contributed by atoms with Crippen molar-refractivity contribution in [3.05, 3.63) is 59.7 Å². The zero-order valence-corrected chi connectivity index (χ0v) is 11.2. The van der Waals surface area contributed by atoms with Crippen LogP contribution in [0.15, 0.2) is 42.6 Å². The Kier molecular flexibility index (Phi) is 3.22. The number of para-hydroxylation sites is 1. The number of amides is 1. The molecule has 20 heavy (non-hydrogen) atoms. The van der Waals surface area contributed by atoms with E-state index in [2.05, 4.69) is 11.9 Å². The highest BCUT2D eigenvalue weighted by atomic mass is 19.1. The van der Waals surface area contributed by atoms with E-state index in [1.807, 2.05) is 24.3 Å². The van der Waals surface area contributed by atoms with Gasteiger partial charge < -0.3 is 4.90 Å². The largest absolute Gasteiger partial charge is 0.308 e. The van der Waals surface area contributed by atoms with Crippen LogP contribution in [0.25, 0.3) is 0 Å². The summed E-state index contributed by atoms with van der Waals surface area (Å²) in [6.45, 7) is 2.77. The summed E-state index contributed by atoms with van der Waals surface area (Å²) in [6.07, 6.45) is 2.28. The topological polar surface area (TPSA) is 33.2 Å². The SMILES string of the molecule is CC1Cc2ccccc2N(C(=O)c2ccnc(F)c2)C1. The normalized spacial score (nSPS) is 17.7. The summed E-state index contributed by atoms with van der Waals surface area (Å²) in [4.78, 5) is 17.8. The molecule has 0 saturated heterocycles. The first-order valence-electron chi connectivity index (χ1n) is 6.66. The van der Waals surface area contributed by atoms with Gasteiger partial charge in [0.15, 0.2) is 0 Å². The molecule has 1 aliphatic rings. The summed E-state index contributed by atoms with van der Waals surface area (Å²) in [5.41, 5.74) is 2.42. The number of anilines is 1. The Bertz CT molecular complexity index is 656. The van der Waals surface area contributed by atoms with E-state index in [0.29, 0.717) is 18.0 Å². The van der Waals surface area contributed by atoms with Crippen LogP contribution in [-0.2, 0) is 6.42 Å². The van der Waals surface area contributed by atoms with Gasteiger partial charge in [-0.15, -0.1) is 0 Å². The Hall–Kier alpha value is -2.23. The van der Waals surface area contributed by atoms with E-state index >= 15 is 0 Å². The molecule has 1 aromatic heterocycles. The predicted molar refractivity (Wildman–Crippen MR) is 75.2 cm³/mol. The van der Waals surface area contributed by atoms with Crippen LogP contribution in [0.3, 0.4) is 0 Å². The molecule has 102 valence electrons. The van der Waals surface area contributed by atoms with Gasteiger partial charge in [-0.2, -0.15) is 4.39 Å². The van der Waals surface area contributed by atoms with Gasteiger partial charge in [-0.3, -0.25) is 4.79 Å². The van der Waals surface area contributed by atoms with Gasteiger partial charge in [0.05, 0.1) is 0 Å². The lowest BCUT2D eigenvalue weighted by molar-refractivity contribution is 0.0980. The molecule has 0 radical (unpaired) electrons. The molecule has 0 spiro atoms. The molecule has 2 heterocycles. The molecule has 4 heteroatoms. The van der Waals surface area contributed by atoms with Crippen molar-refractivity contribution in [1.82, 2.24) is 4.98 Å².